The lowest BCUT2D eigenvalue weighted by Gasteiger charge is -2.17. The number of aliphatic carboxylic acids is 1. The van der Waals surface area contributed by atoms with E-state index in [1.807, 2.05) is 24.3 Å². The zero-order valence-electron chi connectivity index (χ0n) is 17.7. The van der Waals surface area contributed by atoms with Crippen molar-refractivity contribution < 1.29 is 19.5 Å². The number of ketones is 1. The Hall–Kier alpha value is -3.64. The molecule has 0 radical (unpaired) electrons. The molecular formula is C25H23ClN2O4. The molecule has 32 heavy (non-hydrogen) atoms. The van der Waals surface area contributed by atoms with Crippen molar-refractivity contribution in [2.24, 2.45) is 5.41 Å². The number of benzene rings is 3. The molecule has 3 rings (SSSR count). The lowest BCUT2D eigenvalue weighted by Crippen LogP contribution is -2.26. The quantitative estimate of drug-likeness (QED) is 0.366. The number of nitrogens with one attached hydrogen (secondary N) is 2. The van der Waals surface area contributed by atoms with Crippen LogP contribution >= 0.6 is 11.6 Å². The van der Waals surface area contributed by atoms with E-state index in [0.717, 1.165) is 11.1 Å². The van der Waals surface area contributed by atoms with E-state index in [0.29, 0.717) is 22.0 Å². The van der Waals surface area contributed by atoms with Gasteiger partial charge in [0.05, 0.1) is 5.41 Å². The van der Waals surface area contributed by atoms with Crippen LogP contribution in [0.3, 0.4) is 0 Å². The maximum Gasteiger partial charge on any atom is 0.323 e. The Kier molecular flexibility index (Phi) is 6.95. The largest absolute Gasteiger partial charge is 0.481 e. The molecule has 3 aromatic carbocycles. The third-order valence-corrected chi connectivity index (χ3v) is 5.22. The molecule has 2 amide bonds. The van der Waals surface area contributed by atoms with E-state index >= 15 is 0 Å². The lowest BCUT2D eigenvalue weighted by molar-refractivity contribution is -0.146. The van der Waals surface area contributed by atoms with E-state index < -0.39 is 11.4 Å². The molecule has 0 saturated heterocycles. The summed E-state index contributed by atoms with van der Waals surface area (Å²) < 4.78 is 0. The molecule has 0 saturated carbocycles. The zero-order valence-corrected chi connectivity index (χ0v) is 18.4. The van der Waals surface area contributed by atoms with Crippen LogP contribution in [0.15, 0.2) is 72.8 Å². The van der Waals surface area contributed by atoms with E-state index in [9.17, 15) is 19.5 Å². The van der Waals surface area contributed by atoms with Crippen LogP contribution in [-0.4, -0.2) is 22.9 Å². The highest BCUT2D eigenvalue weighted by Gasteiger charge is 2.30. The Morgan fingerprint density at radius 3 is 1.69 bits per heavy atom. The molecule has 3 aromatic rings. The third kappa shape index (κ3) is 5.95. The summed E-state index contributed by atoms with van der Waals surface area (Å²) in [7, 11) is 0. The molecule has 0 spiro atoms. The average Bonchev–Trinajstić information content (AvgIpc) is 2.75. The fourth-order valence-corrected chi connectivity index (χ4v) is 3.13. The summed E-state index contributed by atoms with van der Waals surface area (Å²) in [6, 6.07) is 20.8. The first-order valence-electron chi connectivity index (χ1n) is 9.95. The number of urea groups is 1. The highest BCUT2D eigenvalue weighted by molar-refractivity contribution is 6.30. The second kappa shape index (κ2) is 9.66. The van der Waals surface area contributed by atoms with Gasteiger partial charge in [0, 0.05) is 28.4 Å². The van der Waals surface area contributed by atoms with Crippen LogP contribution < -0.4 is 10.6 Å². The monoisotopic (exact) mass is 450 g/mol. The molecule has 0 unspecified atom stereocenters. The van der Waals surface area contributed by atoms with Crippen molar-refractivity contribution in [2.75, 3.05) is 10.6 Å². The number of amides is 2. The van der Waals surface area contributed by atoms with Gasteiger partial charge >= 0.3 is 12.0 Å². The maximum absolute atomic E-state index is 12.4. The summed E-state index contributed by atoms with van der Waals surface area (Å²) in [4.78, 5) is 35.8. The van der Waals surface area contributed by atoms with Gasteiger partial charge in [-0.15, -0.1) is 0 Å². The van der Waals surface area contributed by atoms with Gasteiger partial charge in [0.15, 0.2) is 5.78 Å². The minimum absolute atomic E-state index is 0.0693. The SMILES string of the molecule is CC(C)(CC(=O)c1ccc(-c2ccc(NC(=O)Nc3ccc(Cl)cc3)cc2)cc1)C(=O)O. The van der Waals surface area contributed by atoms with Gasteiger partial charge in [0.2, 0.25) is 0 Å². The summed E-state index contributed by atoms with van der Waals surface area (Å²) in [5.74, 6) is -1.21. The molecule has 0 aliphatic heterocycles. The van der Waals surface area contributed by atoms with E-state index in [-0.39, 0.29) is 18.2 Å². The molecular weight excluding hydrogens is 428 g/mol. The summed E-state index contributed by atoms with van der Waals surface area (Å²) in [6.45, 7) is 3.07. The first kappa shape index (κ1) is 23.0. The fraction of sp³-hybridized carbons (Fsp3) is 0.160. The number of carbonyl (C=O) groups is 3. The van der Waals surface area contributed by atoms with Crippen LogP contribution in [0.2, 0.25) is 5.02 Å². The normalized spacial score (nSPS) is 11.0. The van der Waals surface area contributed by atoms with Gasteiger partial charge in [0.25, 0.3) is 0 Å². The van der Waals surface area contributed by atoms with Gasteiger partial charge in [-0.1, -0.05) is 48.0 Å². The predicted octanol–water partition coefficient (Wildman–Crippen LogP) is 6.33. The van der Waals surface area contributed by atoms with Crippen molar-refractivity contribution in [1.82, 2.24) is 0 Å². The Morgan fingerprint density at radius 1 is 0.781 bits per heavy atom. The first-order valence-corrected chi connectivity index (χ1v) is 10.3. The molecule has 0 aliphatic carbocycles. The standard InChI is InChI=1S/C25H23ClN2O4/c1-25(2,23(30)31)15-22(29)18-5-3-16(4-6-18)17-7-11-20(12-8-17)27-24(32)28-21-13-9-19(26)10-14-21/h3-14H,15H2,1-2H3,(H,30,31)(H2,27,28,32). The summed E-state index contributed by atoms with van der Waals surface area (Å²) >= 11 is 5.84. The number of carbonyl (C=O) groups excluding carboxylic acids is 2. The van der Waals surface area contributed by atoms with Gasteiger partial charge in [0.1, 0.15) is 0 Å². The first-order chi connectivity index (χ1) is 15.1. The highest BCUT2D eigenvalue weighted by Crippen LogP contribution is 2.26. The number of carboxylic acids is 1. The molecule has 0 aliphatic rings. The topological polar surface area (TPSA) is 95.5 Å². The average molecular weight is 451 g/mol. The molecule has 164 valence electrons. The van der Waals surface area contributed by atoms with Crippen molar-refractivity contribution in [3.05, 3.63) is 83.4 Å². The summed E-state index contributed by atoms with van der Waals surface area (Å²) in [6.07, 6.45) is -0.0693. The molecule has 0 bridgehead atoms. The number of carboxylic acid groups (broad SMARTS) is 1. The number of rotatable bonds is 7. The van der Waals surface area contributed by atoms with Gasteiger partial charge in [-0.2, -0.15) is 0 Å². The fourth-order valence-electron chi connectivity index (χ4n) is 3.00. The Morgan fingerprint density at radius 2 is 1.22 bits per heavy atom. The molecule has 0 heterocycles. The number of anilines is 2. The molecule has 0 aromatic heterocycles. The summed E-state index contributed by atoms with van der Waals surface area (Å²) in [5, 5.41) is 15.3. The van der Waals surface area contributed by atoms with Crippen molar-refractivity contribution in [3.8, 4) is 11.1 Å². The van der Waals surface area contributed by atoms with Crippen molar-refractivity contribution in [3.63, 3.8) is 0 Å². The highest BCUT2D eigenvalue weighted by atomic mass is 35.5. The lowest BCUT2D eigenvalue weighted by atomic mass is 9.85. The molecule has 6 nitrogen and oxygen atoms in total. The van der Waals surface area contributed by atoms with E-state index in [1.165, 1.54) is 13.8 Å². The zero-order chi connectivity index (χ0) is 23.3. The number of hydrogen-bond acceptors (Lipinski definition) is 3. The number of Topliss-reactive ketones (excluding diaryl/α,β-unsaturated/α-hetero) is 1. The molecule has 7 heteroatoms. The summed E-state index contributed by atoms with van der Waals surface area (Å²) in [5.41, 5.74) is 2.43. The minimum Gasteiger partial charge on any atom is -0.481 e. The van der Waals surface area contributed by atoms with Gasteiger partial charge in [-0.05, 0) is 61.4 Å². The second-order valence-corrected chi connectivity index (χ2v) is 8.47. The van der Waals surface area contributed by atoms with Crippen LogP contribution in [0.4, 0.5) is 16.2 Å². The smallest absolute Gasteiger partial charge is 0.323 e. The molecule has 0 atom stereocenters. The van der Waals surface area contributed by atoms with E-state index in [2.05, 4.69) is 10.6 Å². The van der Waals surface area contributed by atoms with Crippen LogP contribution in [0, 0.1) is 5.41 Å². The predicted molar refractivity (Wildman–Crippen MR) is 126 cm³/mol. The molecule has 0 fully saturated rings. The third-order valence-electron chi connectivity index (χ3n) is 4.97. The minimum atomic E-state index is -1.11. The number of halogens is 1. The van der Waals surface area contributed by atoms with Crippen LogP contribution in [0.25, 0.3) is 11.1 Å². The Labute approximate surface area is 191 Å². The van der Waals surface area contributed by atoms with Crippen molar-refractivity contribution >= 4 is 40.8 Å². The van der Waals surface area contributed by atoms with Gasteiger partial charge in [-0.3, -0.25) is 9.59 Å². The van der Waals surface area contributed by atoms with E-state index in [1.54, 1.807) is 48.5 Å². The van der Waals surface area contributed by atoms with Crippen LogP contribution in [0.1, 0.15) is 30.6 Å². The Balaban J connectivity index is 1.62. The molecule has 3 N–H and O–H groups in total. The van der Waals surface area contributed by atoms with Gasteiger partial charge < -0.3 is 15.7 Å². The maximum atomic E-state index is 12.4. The number of hydrogen-bond donors (Lipinski definition) is 3. The Bertz CT molecular complexity index is 1120. The van der Waals surface area contributed by atoms with Crippen LogP contribution in [0.5, 0.6) is 0 Å². The second-order valence-electron chi connectivity index (χ2n) is 8.03. The van der Waals surface area contributed by atoms with E-state index in [4.69, 9.17) is 11.6 Å². The van der Waals surface area contributed by atoms with Gasteiger partial charge in [-0.25, -0.2) is 4.79 Å². The van der Waals surface area contributed by atoms with Crippen LogP contribution in [-0.2, 0) is 4.79 Å². The van der Waals surface area contributed by atoms with Crippen molar-refractivity contribution in [1.29, 1.82) is 0 Å². The van der Waals surface area contributed by atoms with Crippen molar-refractivity contribution in [2.45, 2.75) is 20.3 Å².